The van der Waals surface area contributed by atoms with Crippen LogP contribution in [0.1, 0.15) is 31.1 Å². The zero-order valence-electron chi connectivity index (χ0n) is 15.2. The molecule has 6 heteroatoms. The molecule has 26 heavy (non-hydrogen) atoms. The van der Waals surface area contributed by atoms with Gasteiger partial charge in [-0.25, -0.2) is 9.59 Å². The molecule has 1 N–H and O–H groups in total. The number of carbonyl (C=O) groups excluding carboxylic acids is 1. The third kappa shape index (κ3) is 4.07. The van der Waals surface area contributed by atoms with Crippen LogP contribution in [0.25, 0.3) is 10.8 Å². The van der Waals surface area contributed by atoms with E-state index in [1.165, 1.54) is 0 Å². The SMILES string of the molecule is CC(C)(C)OC(=O)N1CC(COc2cccc3cc(C(=O)O)ccc23)C1. The molecule has 0 aliphatic carbocycles. The van der Waals surface area contributed by atoms with Gasteiger partial charge >= 0.3 is 12.1 Å². The lowest BCUT2D eigenvalue weighted by Gasteiger charge is -2.39. The molecule has 2 aromatic carbocycles. The number of fused-ring (bicyclic) bond motifs is 1. The first-order valence-electron chi connectivity index (χ1n) is 8.60. The van der Waals surface area contributed by atoms with Crippen molar-refractivity contribution in [1.82, 2.24) is 4.90 Å². The van der Waals surface area contributed by atoms with E-state index in [1.54, 1.807) is 23.1 Å². The van der Waals surface area contributed by atoms with Crippen molar-refractivity contribution in [3.8, 4) is 5.75 Å². The summed E-state index contributed by atoms with van der Waals surface area (Å²) in [6, 6.07) is 10.6. The maximum atomic E-state index is 11.9. The van der Waals surface area contributed by atoms with Crippen molar-refractivity contribution in [2.45, 2.75) is 26.4 Å². The van der Waals surface area contributed by atoms with Crippen molar-refractivity contribution in [1.29, 1.82) is 0 Å². The first-order valence-corrected chi connectivity index (χ1v) is 8.60. The molecule has 0 radical (unpaired) electrons. The van der Waals surface area contributed by atoms with Crippen molar-refractivity contribution in [2.75, 3.05) is 19.7 Å². The third-order valence-corrected chi connectivity index (χ3v) is 4.17. The van der Waals surface area contributed by atoms with Crippen LogP contribution in [0.3, 0.4) is 0 Å². The number of hydrogen-bond acceptors (Lipinski definition) is 4. The van der Waals surface area contributed by atoms with Crippen molar-refractivity contribution < 1.29 is 24.2 Å². The van der Waals surface area contributed by atoms with Gasteiger partial charge in [-0.15, -0.1) is 0 Å². The minimum absolute atomic E-state index is 0.252. The van der Waals surface area contributed by atoms with Gasteiger partial charge < -0.3 is 19.5 Å². The maximum Gasteiger partial charge on any atom is 0.410 e. The molecule has 0 aromatic heterocycles. The molecule has 0 bridgehead atoms. The Morgan fingerprint density at radius 2 is 1.92 bits per heavy atom. The molecule has 1 aliphatic heterocycles. The Kier molecular flexibility index (Phi) is 4.76. The lowest BCUT2D eigenvalue weighted by atomic mass is 10.0. The molecular weight excluding hydrogens is 334 g/mol. The Morgan fingerprint density at radius 1 is 1.19 bits per heavy atom. The molecule has 3 rings (SSSR count). The van der Waals surface area contributed by atoms with Gasteiger partial charge in [0, 0.05) is 24.4 Å². The molecule has 0 saturated carbocycles. The van der Waals surface area contributed by atoms with E-state index < -0.39 is 11.6 Å². The van der Waals surface area contributed by atoms with Crippen LogP contribution in [0.15, 0.2) is 36.4 Å². The summed E-state index contributed by atoms with van der Waals surface area (Å²) in [5.41, 5.74) is -0.238. The number of nitrogens with zero attached hydrogens (tertiary/aromatic N) is 1. The maximum absolute atomic E-state index is 11.9. The highest BCUT2D eigenvalue weighted by Crippen LogP contribution is 2.28. The third-order valence-electron chi connectivity index (χ3n) is 4.17. The fraction of sp³-hybridized carbons (Fsp3) is 0.400. The second kappa shape index (κ2) is 6.86. The van der Waals surface area contributed by atoms with Gasteiger partial charge in [-0.1, -0.05) is 12.1 Å². The van der Waals surface area contributed by atoms with E-state index in [0.717, 1.165) is 16.5 Å². The average Bonchev–Trinajstić information content (AvgIpc) is 2.51. The largest absolute Gasteiger partial charge is 0.493 e. The predicted octanol–water partition coefficient (Wildman–Crippen LogP) is 3.78. The molecule has 138 valence electrons. The topological polar surface area (TPSA) is 76.1 Å². The Balaban J connectivity index is 1.58. The van der Waals surface area contributed by atoms with Crippen molar-refractivity contribution in [2.24, 2.45) is 5.92 Å². The summed E-state index contributed by atoms with van der Waals surface area (Å²) in [5.74, 6) is 0.0288. The van der Waals surface area contributed by atoms with Crippen molar-refractivity contribution >= 4 is 22.8 Å². The van der Waals surface area contributed by atoms with Crippen LogP contribution in [0.2, 0.25) is 0 Å². The van der Waals surface area contributed by atoms with E-state index in [0.29, 0.717) is 19.7 Å². The molecular formula is C20H23NO5. The molecule has 0 unspecified atom stereocenters. The van der Waals surface area contributed by atoms with Crippen LogP contribution in [0.4, 0.5) is 4.79 Å². The molecule has 1 amide bonds. The Hall–Kier alpha value is -2.76. The zero-order valence-corrected chi connectivity index (χ0v) is 15.2. The molecule has 1 heterocycles. The number of carbonyl (C=O) groups is 2. The first kappa shape index (κ1) is 18.0. The number of hydrogen-bond donors (Lipinski definition) is 1. The molecule has 6 nitrogen and oxygen atoms in total. The Labute approximate surface area is 152 Å². The molecule has 2 aromatic rings. The summed E-state index contributed by atoms with van der Waals surface area (Å²) in [5, 5.41) is 10.8. The van der Waals surface area contributed by atoms with Crippen LogP contribution >= 0.6 is 0 Å². The molecule has 1 aliphatic rings. The summed E-state index contributed by atoms with van der Waals surface area (Å²) >= 11 is 0. The van der Waals surface area contributed by atoms with Crippen molar-refractivity contribution in [3.05, 3.63) is 42.0 Å². The molecule has 0 spiro atoms. The lowest BCUT2D eigenvalue weighted by molar-refractivity contribution is -0.00773. The van der Waals surface area contributed by atoms with Gasteiger partial charge in [0.05, 0.1) is 12.2 Å². The van der Waals surface area contributed by atoms with Gasteiger partial charge in [-0.2, -0.15) is 0 Å². The highest BCUT2D eigenvalue weighted by atomic mass is 16.6. The summed E-state index contributed by atoms with van der Waals surface area (Å²) in [7, 11) is 0. The Bertz CT molecular complexity index is 834. The zero-order chi connectivity index (χ0) is 18.9. The van der Waals surface area contributed by atoms with Gasteiger partial charge in [-0.05, 0) is 50.4 Å². The quantitative estimate of drug-likeness (QED) is 0.901. The number of benzene rings is 2. The number of amides is 1. The van der Waals surface area contributed by atoms with E-state index in [2.05, 4.69) is 0 Å². The van der Waals surface area contributed by atoms with E-state index in [4.69, 9.17) is 14.6 Å². The molecule has 1 fully saturated rings. The summed E-state index contributed by atoms with van der Waals surface area (Å²) in [4.78, 5) is 24.7. The average molecular weight is 357 g/mol. The van der Waals surface area contributed by atoms with Gasteiger partial charge in [0.25, 0.3) is 0 Å². The second-order valence-electron chi connectivity index (χ2n) is 7.56. The van der Waals surface area contributed by atoms with Crippen LogP contribution in [-0.4, -0.2) is 47.4 Å². The van der Waals surface area contributed by atoms with Crippen LogP contribution in [0.5, 0.6) is 5.75 Å². The normalized spacial score (nSPS) is 14.8. The highest BCUT2D eigenvalue weighted by Gasteiger charge is 2.34. The fourth-order valence-electron chi connectivity index (χ4n) is 2.87. The standard InChI is InChI=1S/C20H23NO5/c1-20(2,3)26-19(24)21-10-13(11-21)12-25-17-6-4-5-14-9-15(18(22)23)7-8-16(14)17/h4-9,13H,10-12H2,1-3H3,(H,22,23). The van der Waals surface area contributed by atoms with Gasteiger partial charge in [0.2, 0.25) is 0 Å². The monoisotopic (exact) mass is 357 g/mol. The van der Waals surface area contributed by atoms with Crippen molar-refractivity contribution in [3.63, 3.8) is 0 Å². The molecule has 1 saturated heterocycles. The van der Waals surface area contributed by atoms with E-state index in [-0.39, 0.29) is 17.6 Å². The second-order valence-corrected chi connectivity index (χ2v) is 7.56. The first-order chi connectivity index (χ1) is 12.2. The number of carboxylic acids is 1. The fourth-order valence-corrected chi connectivity index (χ4v) is 2.87. The van der Waals surface area contributed by atoms with E-state index in [9.17, 15) is 9.59 Å². The van der Waals surface area contributed by atoms with Crippen LogP contribution in [-0.2, 0) is 4.74 Å². The number of ether oxygens (including phenoxy) is 2. The molecule has 0 atom stereocenters. The number of carboxylic acid groups (broad SMARTS) is 1. The summed E-state index contributed by atoms with van der Waals surface area (Å²) in [6.07, 6.45) is -0.292. The number of aromatic carboxylic acids is 1. The smallest absolute Gasteiger partial charge is 0.410 e. The number of likely N-dealkylation sites (tertiary alicyclic amines) is 1. The minimum atomic E-state index is -0.949. The summed E-state index contributed by atoms with van der Waals surface area (Å²) < 4.78 is 11.3. The minimum Gasteiger partial charge on any atom is -0.493 e. The number of rotatable bonds is 4. The highest BCUT2D eigenvalue weighted by molar-refractivity contribution is 5.96. The predicted molar refractivity (Wildman–Crippen MR) is 97.7 cm³/mol. The van der Waals surface area contributed by atoms with Crippen LogP contribution in [0, 0.1) is 5.92 Å². The van der Waals surface area contributed by atoms with Crippen LogP contribution < -0.4 is 4.74 Å². The van der Waals surface area contributed by atoms with Gasteiger partial charge in [0.15, 0.2) is 0 Å². The van der Waals surface area contributed by atoms with Gasteiger partial charge in [-0.3, -0.25) is 0 Å². The lowest BCUT2D eigenvalue weighted by Crippen LogP contribution is -2.53. The van der Waals surface area contributed by atoms with E-state index in [1.807, 2.05) is 39.0 Å². The van der Waals surface area contributed by atoms with Gasteiger partial charge in [0.1, 0.15) is 11.4 Å². The summed E-state index contributed by atoms with van der Waals surface area (Å²) in [6.45, 7) is 7.27. The Morgan fingerprint density at radius 3 is 2.58 bits per heavy atom. The van der Waals surface area contributed by atoms with E-state index >= 15 is 0 Å².